The summed E-state index contributed by atoms with van der Waals surface area (Å²) in [6.07, 6.45) is 5.67. The summed E-state index contributed by atoms with van der Waals surface area (Å²) in [5, 5.41) is 7.07. The molecule has 2 amide bonds. The Kier molecular flexibility index (Phi) is 5.80. The standard InChI is InChI=1S/C20H24N6O/c1-15-6-5-9-22-19(15)10-16(2)25(3)20(27)24-18-8-4-7-17(11-18)12-26-14-21-13-23-26/h4-9,11,13-14,16H,10,12H2,1-3H3,(H,24,27)/t16-/m1/s1. The van der Waals surface area contributed by atoms with Gasteiger partial charge in [-0.3, -0.25) is 4.98 Å². The highest BCUT2D eigenvalue weighted by atomic mass is 16.2. The monoisotopic (exact) mass is 364 g/mol. The fourth-order valence-corrected chi connectivity index (χ4v) is 2.81. The van der Waals surface area contributed by atoms with Crippen molar-refractivity contribution in [1.29, 1.82) is 0 Å². The Labute approximate surface area is 159 Å². The normalized spacial score (nSPS) is 11.8. The van der Waals surface area contributed by atoms with Crippen molar-refractivity contribution in [2.75, 3.05) is 12.4 Å². The van der Waals surface area contributed by atoms with Crippen molar-refractivity contribution in [3.63, 3.8) is 0 Å². The highest BCUT2D eigenvalue weighted by molar-refractivity contribution is 5.89. The van der Waals surface area contributed by atoms with Crippen LogP contribution in [0, 0.1) is 6.92 Å². The lowest BCUT2D eigenvalue weighted by Gasteiger charge is -2.25. The second kappa shape index (κ2) is 8.44. The van der Waals surface area contributed by atoms with Crippen LogP contribution in [-0.2, 0) is 13.0 Å². The van der Waals surface area contributed by atoms with Gasteiger partial charge in [0.2, 0.25) is 0 Å². The van der Waals surface area contributed by atoms with Crippen LogP contribution in [0.15, 0.2) is 55.2 Å². The number of aromatic nitrogens is 4. The Balaban J connectivity index is 1.61. The second-order valence-corrected chi connectivity index (χ2v) is 6.65. The molecule has 7 nitrogen and oxygen atoms in total. The number of anilines is 1. The van der Waals surface area contributed by atoms with Gasteiger partial charge in [0.25, 0.3) is 0 Å². The number of benzene rings is 1. The molecule has 2 aromatic heterocycles. The molecule has 3 aromatic rings. The molecule has 1 aromatic carbocycles. The van der Waals surface area contributed by atoms with Crippen molar-refractivity contribution in [1.82, 2.24) is 24.6 Å². The van der Waals surface area contributed by atoms with Crippen LogP contribution in [0.3, 0.4) is 0 Å². The van der Waals surface area contributed by atoms with E-state index in [1.165, 1.54) is 6.33 Å². The van der Waals surface area contributed by atoms with Crippen LogP contribution in [0.2, 0.25) is 0 Å². The minimum Gasteiger partial charge on any atom is -0.324 e. The zero-order valence-corrected chi connectivity index (χ0v) is 15.8. The van der Waals surface area contributed by atoms with E-state index in [0.717, 1.165) is 22.5 Å². The number of urea groups is 1. The lowest BCUT2D eigenvalue weighted by atomic mass is 10.1. The maximum absolute atomic E-state index is 12.6. The third-order valence-electron chi connectivity index (χ3n) is 4.58. The maximum atomic E-state index is 12.6. The third-order valence-corrected chi connectivity index (χ3v) is 4.58. The molecule has 0 saturated carbocycles. The van der Waals surface area contributed by atoms with Crippen LogP contribution in [0.25, 0.3) is 0 Å². The van der Waals surface area contributed by atoms with Crippen LogP contribution in [0.4, 0.5) is 10.5 Å². The Morgan fingerprint density at radius 3 is 2.89 bits per heavy atom. The summed E-state index contributed by atoms with van der Waals surface area (Å²) < 4.78 is 1.74. The Hall–Kier alpha value is -3.22. The molecule has 0 saturated heterocycles. The van der Waals surface area contributed by atoms with E-state index in [0.29, 0.717) is 13.0 Å². The average Bonchev–Trinajstić information content (AvgIpc) is 3.16. The molecule has 1 N–H and O–H groups in total. The molecule has 0 bridgehead atoms. The van der Waals surface area contributed by atoms with Crippen molar-refractivity contribution >= 4 is 11.7 Å². The fraction of sp³-hybridized carbons (Fsp3) is 0.300. The van der Waals surface area contributed by atoms with Crippen LogP contribution in [-0.4, -0.2) is 43.8 Å². The van der Waals surface area contributed by atoms with Gasteiger partial charge >= 0.3 is 6.03 Å². The van der Waals surface area contributed by atoms with E-state index in [9.17, 15) is 4.79 Å². The molecule has 2 heterocycles. The smallest absolute Gasteiger partial charge is 0.321 e. The van der Waals surface area contributed by atoms with Gasteiger partial charge in [-0.05, 0) is 43.2 Å². The van der Waals surface area contributed by atoms with Crippen molar-refractivity contribution < 1.29 is 4.79 Å². The molecule has 3 rings (SSSR count). The largest absolute Gasteiger partial charge is 0.324 e. The maximum Gasteiger partial charge on any atom is 0.321 e. The van der Waals surface area contributed by atoms with Gasteiger partial charge < -0.3 is 10.2 Å². The zero-order valence-electron chi connectivity index (χ0n) is 15.8. The predicted molar refractivity (Wildman–Crippen MR) is 104 cm³/mol. The van der Waals surface area contributed by atoms with Gasteiger partial charge in [-0.25, -0.2) is 14.5 Å². The lowest BCUT2D eigenvalue weighted by Crippen LogP contribution is -2.39. The van der Waals surface area contributed by atoms with Crippen LogP contribution >= 0.6 is 0 Å². The molecule has 0 unspecified atom stereocenters. The van der Waals surface area contributed by atoms with E-state index in [2.05, 4.69) is 20.4 Å². The number of nitrogens with one attached hydrogen (secondary N) is 1. The van der Waals surface area contributed by atoms with Gasteiger partial charge in [-0.2, -0.15) is 5.10 Å². The van der Waals surface area contributed by atoms with E-state index >= 15 is 0 Å². The number of likely N-dealkylation sites (N-methyl/N-ethyl adjacent to an activating group) is 1. The molecular weight excluding hydrogens is 340 g/mol. The molecular formula is C20H24N6O. The summed E-state index contributed by atoms with van der Waals surface area (Å²) in [5.41, 5.74) is 3.95. The first-order valence-electron chi connectivity index (χ1n) is 8.88. The molecule has 1 atom stereocenters. The molecule has 27 heavy (non-hydrogen) atoms. The summed E-state index contributed by atoms with van der Waals surface area (Å²) in [6.45, 7) is 4.67. The molecule has 7 heteroatoms. The van der Waals surface area contributed by atoms with Crippen LogP contribution in [0.5, 0.6) is 0 Å². The zero-order chi connectivity index (χ0) is 19.2. The first-order valence-corrected chi connectivity index (χ1v) is 8.88. The van der Waals surface area contributed by atoms with E-state index in [4.69, 9.17) is 0 Å². The van der Waals surface area contributed by atoms with Crippen molar-refractivity contribution in [3.05, 3.63) is 72.1 Å². The van der Waals surface area contributed by atoms with E-state index < -0.39 is 0 Å². The van der Waals surface area contributed by atoms with Gasteiger partial charge in [0, 0.05) is 37.1 Å². The molecule has 0 aliphatic rings. The summed E-state index contributed by atoms with van der Waals surface area (Å²) in [7, 11) is 1.80. The quantitative estimate of drug-likeness (QED) is 0.729. The van der Waals surface area contributed by atoms with Crippen LogP contribution in [0.1, 0.15) is 23.7 Å². The fourth-order valence-electron chi connectivity index (χ4n) is 2.81. The number of nitrogens with zero attached hydrogens (tertiary/aromatic N) is 5. The Bertz CT molecular complexity index is 893. The number of carbonyl (C=O) groups excluding carboxylic acids is 1. The van der Waals surface area contributed by atoms with E-state index in [-0.39, 0.29) is 12.1 Å². The van der Waals surface area contributed by atoms with Gasteiger partial charge in [0.15, 0.2) is 0 Å². The van der Waals surface area contributed by atoms with Crippen molar-refractivity contribution in [3.8, 4) is 0 Å². The number of amides is 2. The molecule has 0 radical (unpaired) electrons. The van der Waals surface area contributed by atoms with Gasteiger partial charge in [-0.1, -0.05) is 18.2 Å². The Morgan fingerprint density at radius 1 is 1.30 bits per heavy atom. The number of rotatable bonds is 6. The Morgan fingerprint density at radius 2 is 2.15 bits per heavy atom. The van der Waals surface area contributed by atoms with Gasteiger partial charge in [-0.15, -0.1) is 0 Å². The molecule has 140 valence electrons. The number of carbonyl (C=O) groups is 1. The van der Waals surface area contributed by atoms with Gasteiger partial charge in [0.1, 0.15) is 12.7 Å². The summed E-state index contributed by atoms with van der Waals surface area (Å²) in [4.78, 5) is 22.7. The lowest BCUT2D eigenvalue weighted by molar-refractivity contribution is 0.207. The molecule has 0 aliphatic carbocycles. The highest BCUT2D eigenvalue weighted by Crippen LogP contribution is 2.14. The van der Waals surface area contributed by atoms with Crippen LogP contribution < -0.4 is 5.32 Å². The molecule has 0 fully saturated rings. The van der Waals surface area contributed by atoms with Gasteiger partial charge in [0.05, 0.1) is 6.54 Å². The average molecular weight is 364 g/mol. The first kappa shape index (κ1) is 18.6. The number of aryl methyl sites for hydroxylation is 1. The van der Waals surface area contributed by atoms with E-state index in [1.54, 1.807) is 29.2 Å². The third kappa shape index (κ3) is 4.91. The van der Waals surface area contributed by atoms with E-state index in [1.807, 2.05) is 50.2 Å². The molecule has 0 spiro atoms. The minimum absolute atomic E-state index is 0.0249. The predicted octanol–water partition coefficient (Wildman–Crippen LogP) is 3.12. The number of hydrogen-bond donors (Lipinski definition) is 1. The summed E-state index contributed by atoms with van der Waals surface area (Å²) in [6, 6.07) is 11.6. The summed E-state index contributed by atoms with van der Waals surface area (Å²) >= 11 is 0. The highest BCUT2D eigenvalue weighted by Gasteiger charge is 2.17. The topological polar surface area (TPSA) is 75.9 Å². The number of hydrogen-bond acceptors (Lipinski definition) is 4. The number of pyridine rings is 1. The first-order chi connectivity index (χ1) is 13.0. The SMILES string of the molecule is Cc1cccnc1C[C@@H](C)N(C)C(=O)Nc1cccc(Cn2cncn2)c1. The summed E-state index contributed by atoms with van der Waals surface area (Å²) in [5.74, 6) is 0. The minimum atomic E-state index is -0.144. The second-order valence-electron chi connectivity index (χ2n) is 6.65. The van der Waals surface area contributed by atoms with Crippen molar-refractivity contribution in [2.24, 2.45) is 0 Å². The van der Waals surface area contributed by atoms with Crippen molar-refractivity contribution in [2.45, 2.75) is 32.9 Å². The molecule has 0 aliphatic heterocycles.